The first-order chi connectivity index (χ1) is 4.68. The molecule has 12 heavy (non-hydrogen) atoms. The minimum Gasteiger partial charge on any atom is -0.832 e. The molecule has 0 aromatic heterocycles. The van der Waals surface area contributed by atoms with Crippen LogP contribution >= 0.6 is 0 Å². The summed E-state index contributed by atoms with van der Waals surface area (Å²) in [7, 11) is -7.49. The summed E-state index contributed by atoms with van der Waals surface area (Å²) in [6.45, 7) is 0. The molecular weight excluding hydrogens is 196 g/mol. The molecule has 68 valence electrons. The smallest absolute Gasteiger partial charge is 0.832 e. The fourth-order valence-corrected chi connectivity index (χ4v) is 0. The van der Waals surface area contributed by atoms with Gasteiger partial charge in [0.05, 0.1) is 0 Å². The van der Waals surface area contributed by atoms with Crippen molar-refractivity contribution in [3.63, 3.8) is 0 Å². The molecule has 0 heterocycles. The molecule has 0 radical (unpaired) electrons. The Morgan fingerprint density at radius 1 is 1.33 bits per heavy atom. The normalized spacial score (nSPS) is 9.58. The molecule has 0 unspecified atom stereocenters. The first-order valence-electron chi connectivity index (χ1n) is 1.94. The molecule has 0 aliphatic heterocycles. The average molecular weight is 200 g/mol. The summed E-state index contributed by atoms with van der Waals surface area (Å²) < 4.78 is 47.0. The van der Waals surface area contributed by atoms with Gasteiger partial charge in [-0.15, -0.1) is 0 Å². The van der Waals surface area contributed by atoms with Crippen LogP contribution in [0.4, 0.5) is 8.78 Å². The fraction of sp³-hybridized carbons (Fsp3) is 1.00. The molecule has 0 amide bonds. The predicted octanol–water partition coefficient (Wildman–Crippen LogP) is -5.58. The molecule has 0 aliphatic carbocycles. The molecule has 0 bridgehead atoms. The second-order valence-electron chi connectivity index (χ2n) is 1.10. The average Bonchev–Trinajstić information content (AvgIpc) is 1.59. The van der Waals surface area contributed by atoms with E-state index in [1.165, 1.54) is 0 Å². The van der Waals surface area contributed by atoms with E-state index in [0.29, 0.717) is 0 Å². The van der Waals surface area contributed by atoms with Crippen molar-refractivity contribution in [1.82, 2.24) is 0 Å². The van der Waals surface area contributed by atoms with Gasteiger partial charge in [-0.3, -0.25) is 4.55 Å². The van der Waals surface area contributed by atoms with Crippen LogP contribution in [0.1, 0.15) is 0 Å². The second-order valence-corrected chi connectivity index (χ2v) is 2.49. The van der Waals surface area contributed by atoms with E-state index in [2.05, 4.69) is 0 Å². The van der Waals surface area contributed by atoms with Crippen molar-refractivity contribution in [1.29, 1.82) is 0 Å². The van der Waals surface area contributed by atoms with Gasteiger partial charge in [-0.25, -0.2) is 0 Å². The van der Waals surface area contributed by atoms with Gasteiger partial charge in [0, 0.05) is 0 Å². The summed E-state index contributed by atoms with van der Waals surface area (Å²) in [6, 6.07) is 0. The van der Waals surface area contributed by atoms with Gasteiger partial charge in [-0.2, -0.15) is 17.2 Å². The van der Waals surface area contributed by atoms with Crippen LogP contribution in [0, 0.1) is 0 Å². The van der Waals surface area contributed by atoms with Gasteiger partial charge in [0.15, 0.2) is 0 Å². The van der Waals surface area contributed by atoms with E-state index in [1.807, 2.05) is 0 Å². The van der Waals surface area contributed by atoms with Gasteiger partial charge >= 0.3 is 42.1 Å². The van der Waals surface area contributed by atoms with Gasteiger partial charge in [0.25, 0.3) is 0 Å². The topological polar surface area (TPSA) is 118 Å². The SMILES string of the molecule is O=S(=O)(O)C(F)F.[Li+].[O-]B(O)O. The number of hydrogen-bond donors (Lipinski definition) is 3. The van der Waals surface area contributed by atoms with Crippen molar-refractivity contribution in [3.05, 3.63) is 0 Å². The molecule has 3 N–H and O–H groups in total. The number of rotatable bonds is 1. The maximum absolute atomic E-state index is 10.7. The van der Waals surface area contributed by atoms with Crippen molar-refractivity contribution in [3.8, 4) is 0 Å². The van der Waals surface area contributed by atoms with Gasteiger partial charge in [0.2, 0.25) is 0 Å². The van der Waals surface area contributed by atoms with Crippen LogP contribution in [0.15, 0.2) is 0 Å². The van der Waals surface area contributed by atoms with Crippen molar-refractivity contribution in [2.24, 2.45) is 0 Å². The van der Waals surface area contributed by atoms with Crippen molar-refractivity contribution < 1.29 is 55.7 Å². The Labute approximate surface area is 79.3 Å². The Morgan fingerprint density at radius 3 is 1.42 bits per heavy atom. The third kappa shape index (κ3) is 22.4. The fourth-order valence-electron chi connectivity index (χ4n) is 0. The molecule has 0 fully saturated rings. The third-order valence-corrected chi connectivity index (χ3v) is 0.675. The maximum Gasteiger partial charge on any atom is 1.00 e. The molecule has 11 heteroatoms. The van der Waals surface area contributed by atoms with Crippen molar-refractivity contribution in [2.45, 2.75) is 5.76 Å². The van der Waals surface area contributed by atoms with E-state index in [9.17, 15) is 8.78 Å². The second kappa shape index (κ2) is 7.94. The molecule has 0 atom stereocenters. The molecular formula is CH4BF2LiO6S. The van der Waals surface area contributed by atoms with E-state index in [-0.39, 0.29) is 18.9 Å². The molecule has 0 saturated carbocycles. The molecule has 0 rings (SSSR count). The van der Waals surface area contributed by atoms with Crippen LogP contribution in [0.2, 0.25) is 0 Å². The summed E-state index contributed by atoms with van der Waals surface area (Å²) in [5, 5.41) is 22.8. The minimum atomic E-state index is -5.07. The van der Waals surface area contributed by atoms with Crippen LogP contribution < -0.4 is 23.9 Å². The van der Waals surface area contributed by atoms with Gasteiger partial charge in [-0.1, -0.05) is 0 Å². The van der Waals surface area contributed by atoms with E-state index in [1.54, 1.807) is 0 Å². The zero-order chi connectivity index (χ0) is 9.65. The largest absolute Gasteiger partial charge is 1.00 e. The maximum atomic E-state index is 10.7. The first kappa shape index (κ1) is 18.2. The van der Waals surface area contributed by atoms with E-state index < -0.39 is 23.2 Å². The zero-order valence-corrected chi connectivity index (χ0v) is 6.70. The summed E-state index contributed by atoms with van der Waals surface area (Å²) in [5.74, 6) is -3.67. The molecule has 0 saturated heterocycles. The van der Waals surface area contributed by atoms with Crippen molar-refractivity contribution >= 4 is 17.4 Å². The summed E-state index contributed by atoms with van der Waals surface area (Å²) >= 11 is 0. The third-order valence-electron chi connectivity index (χ3n) is 0.225. The Bertz CT molecular complexity index is 177. The van der Waals surface area contributed by atoms with E-state index >= 15 is 0 Å². The molecule has 0 aliphatic rings. The van der Waals surface area contributed by atoms with Crippen LogP contribution in [-0.2, 0) is 10.1 Å². The first-order valence-corrected chi connectivity index (χ1v) is 3.44. The Morgan fingerprint density at radius 2 is 1.42 bits per heavy atom. The summed E-state index contributed by atoms with van der Waals surface area (Å²) in [5.41, 5.74) is 0. The van der Waals surface area contributed by atoms with Crippen LogP contribution in [0.3, 0.4) is 0 Å². The van der Waals surface area contributed by atoms with Gasteiger partial charge in [-0.05, 0) is 0 Å². The zero-order valence-electron chi connectivity index (χ0n) is 5.89. The number of alkyl halides is 2. The molecule has 0 aromatic carbocycles. The molecule has 0 aromatic rings. The van der Waals surface area contributed by atoms with E-state index in [4.69, 9.17) is 28.0 Å². The van der Waals surface area contributed by atoms with Crippen LogP contribution in [-0.4, -0.2) is 36.1 Å². The number of halogens is 2. The molecule has 0 spiro atoms. The van der Waals surface area contributed by atoms with Gasteiger partial charge < -0.3 is 15.1 Å². The quantitative estimate of drug-likeness (QED) is 0.287. The Hall–Kier alpha value is 0.312. The van der Waals surface area contributed by atoms with Crippen molar-refractivity contribution in [2.75, 3.05) is 0 Å². The number of hydrogen-bond acceptors (Lipinski definition) is 5. The van der Waals surface area contributed by atoms with Crippen LogP contribution in [0.5, 0.6) is 0 Å². The minimum absolute atomic E-state index is 0. The van der Waals surface area contributed by atoms with Crippen LogP contribution in [0.25, 0.3) is 0 Å². The summed E-state index contributed by atoms with van der Waals surface area (Å²) in [4.78, 5) is 0. The predicted molar refractivity (Wildman–Crippen MR) is 27.7 cm³/mol. The standard InChI is InChI=1S/CH2F2O3S.BH2O3.Li/c2-1(3)7(4,5)6;2-1(3)4;/h1H,(H,4,5,6);2-3H;/q;-1;+1. The van der Waals surface area contributed by atoms with Gasteiger partial charge in [0.1, 0.15) is 0 Å². The van der Waals surface area contributed by atoms with E-state index in [0.717, 1.165) is 0 Å². The monoisotopic (exact) mass is 200 g/mol. The Kier molecular flexibility index (Phi) is 12.0. The summed E-state index contributed by atoms with van der Waals surface area (Å²) in [6.07, 6.45) is 0. The Balaban J connectivity index is -0.000000142. The molecule has 6 nitrogen and oxygen atoms in total.